The van der Waals surface area contributed by atoms with Crippen molar-refractivity contribution in [2.24, 2.45) is 0 Å². The molecular formula is C17H14N2O2. The van der Waals surface area contributed by atoms with Crippen LogP contribution in [0.3, 0.4) is 0 Å². The van der Waals surface area contributed by atoms with E-state index in [-0.39, 0.29) is 12.5 Å². The Labute approximate surface area is 122 Å². The van der Waals surface area contributed by atoms with Gasteiger partial charge in [0.2, 0.25) is 0 Å². The van der Waals surface area contributed by atoms with E-state index in [0.29, 0.717) is 5.75 Å². The average Bonchev–Trinajstić information content (AvgIpc) is 2.54. The highest BCUT2D eigenvalue weighted by Crippen LogP contribution is 2.18. The van der Waals surface area contributed by atoms with Gasteiger partial charge in [0.25, 0.3) is 5.91 Å². The molecule has 1 N–H and O–H groups in total. The summed E-state index contributed by atoms with van der Waals surface area (Å²) in [5, 5.41) is 5.05. The minimum absolute atomic E-state index is 0.0431. The molecule has 0 bridgehead atoms. The fraction of sp³-hybridized carbons (Fsp3) is 0.0588. The van der Waals surface area contributed by atoms with Crippen LogP contribution in [0.15, 0.2) is 67.0 Å². The molecule has 2 aromatic carbocycles. The second-order valence-electron chi connectivity index (χ2n) is 4.59. The maximum Gasteiger partial charge on any atom is 0.262 e. The molecule has 104 valence electrons. The zero-order chi connectivity index (χ0) is 14.5. The number of carbonyl (C=O) groups excluding carboxylic acids is 1. The van der Waals surface area contributed by atoms with Crippen molar-refractivity contribution in [1.82, 2.24) is 4.98 Å². The summed E-state index contributed by atoms with van der Waals surface area (Å²) in [7, 11) is 0. The summed E-state index contributed by atoms with van der Waals surface area (Å²) in [6.07, 6.45) is 3.23. The lowest BCUT2D eigenvalue weighted by Crippen LogP contribution is -2.20. The molecule has 0 radical (unpaired) electrons. The second kappa shape index (κ2) is 6.05. The van der Waals surface area contributed by atoms with Crippen LogP contribution in [-0.4, -0.2) is 17.5 Å². The third kappa shape index (κ3) is 3.36. The molecule has 0 aliphatic rings. The molecular weight excluding hydrogens is 264 g/mol. The molecule has 1 aromatic heterocycles. The molecule has 0 unspecified atom stereocenters. The smallest absolute Gasteiger partial charge is 0.262 e. The first kappa shape index (κ1) is 13.1. The van der Waals surface area contributed by atoms with Crippen molar-refractivity contribution in [1.29, 1.82) is 0 Å². The molecule has 0 fully saturated rings. The molecule has 0 aliphatic carbocycles. The standard InChI is InChI=1S/C17H14N2O2/c20-17(12-21-16-6-3-9-18-11-16)19-15-8-7-13-4-1-2-5-14(13)10-15/h1-11H,12H2,(H,19,20). The van der Waals surface area contributed by atoms with Crippen molar-refractivity contribution in [2.75, 3.05) is 11.9 Å². The van der Waals surface area contributed by atoms with E-state index < -0.39 is 0 Å². The highest BCUT2D eigenvalue weighted by atomic mass is 16.5. The van der Waals surface area contributed by atoms with Gasteiger partial charge in [-0.2, -0.15) is 0 Å². The maximum atomic E-state index is 11.9. The van der Waals surface area contributed by atoms with Gasteiger partial charge in [0.05, 0.1) is 6.20 Å². The van der Waals surface area contributed by atoms with E-state index in [9.17, 15) is 4.79 Å². The molecule has 3 rings (SSSR count). The fourth-order valence-electron chi connectivity index (χ4n) is 2.05. The minimum Gasteiger partial charge on any atom is -0.482 e. The Balaban J connectivity index is 1.63. The van der Waals surface area contributed by atoms with Crippen LogP contribution in [0.4, 0.5) is 5.69 Å². The monoisotopic (exact) mass is 278 g/mol. The topological polar surface area (TPSA) is 51.2 Å². The van der Waals surface area contributed by atoms with Gasteiger partial charge in [-0.15, -0.1) is 0 Å². The number of fused-ring (bicyclic) bond motifs is 1. The van der Waals surface area contributed by atoms with Crippen molar-refractivity contribution in [3.8, 4) is 5.75 Å². The van der Waals surface area contributed by atoms with E-state index in [1.54, 1.807) is 24.5 Å². The summed E-state index contributed by atoms with van der Waals surface area (Å²) in [5.74, 6) is 0.375. The summed E-state index contributed by atoms with van der Waals surface area (Å²) in [6.45, 7) is -0.0431. The van der Waals surface area contributed by atoms with Crippen LogP contribution >= 0.6 is 0 Å². The normalized spacial score (nSPS) is 10.3. The zero-order valence-electron chi connectivity index (χ0n) is 11.3. The Morgan fingerprint density at radius 1 is 1.05 bits per heavy atom. The Morgan fingerprint density at radius 3 is 2.71 bits per heavy atom. The number of anilines is 1. The lowest BCUT2D eigenvalue weighted by molar-refractivity contribution is -0.118. The number of ether oxygens (including phenoxy) is 1. The quantitative estimate of drug-likeness (QED) is 0.797. The van der Waals surface area contributed by atoms with Crippen LogP contribution in [0.2, 0.25) is 0 Å². The number of benzene rings is 2. The number of hydrogen-bond donors (Lipinski definition) is 1. The van der Waals surface area contributed by atoms with Crippen LogP contribution in [0.1, 0.15) is 0 Å². The largest absolute Gasteiger partial charge is 0.482 e. The van der Waals surface area contributed by atoms with Crippen molar-refractivity contribution in [3.63, 3.8) is 0 Å². The van der Waals surface area contributed by atoms with Crippen LogP contribution in [-0.2, 0) is 4.79 Å². The molecule has 3 aromatic rings. The number of nitrogens with one attached hydrogen (secondary N) is 1. The number of rotatable bonds is 4. The Hall–Kier alpha value is -2.88. The predicted molar refractivity (Wildman–Crippen MR) is 82.3 cm³/mol. The number of amides is 1. The molecule has 21 heavy (non-hydrogen) atoms. The van der Waals surface area contributed by atoms with Crippen LogP contribution in [0.5, 0.6) is 5.75 Å². The summed E-state index contributed by atoms with van der Waals surface area (Å²) in [4.78, 5) is 15.8. The highest BCUT2D eigenvalue weighted by molar-refractivity contribution is 5.95. The molecule has 1 heterocycles. The van der Waals surface area contributed by atoms with Crippen molar-refractivity contribution in [3.05, 3.63) is 67.0 Å². The van der Waals surface area contributed by atoms with Gasteiger partial charge < -0.3 is 10.1 Å². The molecule has 4 nitrogen and oxygen atoms in total. The van der Waals surface area contributed by atoms with E-state index in [0.717, 1.165) is 16.5 Å². The van der Waals surface area contributed by atoms with Gasteiger partial charge in [-0.1, -0.05) is 30.3 Å². The first-order valence-corrected chi connectivity index (χ1v) is 6.63. The predicted octanol–water partition coefficient (Wildman–Crippen LogP) is 3.25. The third-order valence-corrected chi connectivity index (χ3v) is 3.04. The van der Waals surface area contributed by atoms with Gasteiger partial charge in [0.1, 0.15) is 5.75 Å². The maximum absolute atomic E-state index is 11.9. The zero-order valence-corrected chi connectivity index (χ0v) is 11.3. The first-order chi connectivity index (χ1) is 10.3. The summed E-state index contributed by atoms with van der Waals surface area (Å²) >= 11 is 0. The number of pyridine rings is 1. The van der Waals surface area contributed by atoms with Crippen molar-refractivity contribution in [2.45, 2.75) is 0 Å². The van der Waals surface area contributed by atoms with E-state index in [1.807, 2.05) is 42.5 Å². The van der Waals surface area contributed by atoms with E-state index in [4.69, 9.17) is 4.74 Å². The van der Waals surface area contributed by atoms with E-state index in [2.05, 4.69) is 10.3 Å². The average molecular weight is 278 g/mol. The molecule has 0 saturated heterocycles. The molecule has 4 heteroatoms. The van der Waals surface area contributed by atoms with Gasteiger partial charge >= 0.3 is 0 Å². The molecule has 1 amide bonds. The van der Waals surface area contributed by atoms with Gasteiger partial charge in [-0.25, -0.2) is 0 Å². The number of carbonyl (C=O) groups is 1. The third-order valence-electron chi connectivity index (χ3n) is 3.04. The van der Waals surface area contributed by atoms with Crippen LogP contribution < -0.4 is 10.1 Å². The number of hydrogen-bond acceptors (Lipinski definition) is 3. The summed E-state index contributed by atoms with van der Waals surface area (Å²) in [5.41, 5.74) is 0.758. The van der Waals surface area contributed by atoms with Gasteiger partial charge in [-0.05, 0) is 35.0 Å². The van der Waals surface area contributed by atoms with Crippen LogP contribution in [0, 0.1) is 0 Å². The van der Waals surface area contributed by atoms with Crippen molar-refractivity contribution >= 4 is 22.4 Å². The molecule has 0 saturated carbocycles. The fourth-order valence-corrected chi connectivity index (χ4v) is 2.05. The highest BCUT2D eigenvalue weighted by Gasteiger charge is 2.04. The van der Waals surface area contributed by atoms with Gasteiger partial charge in [0.15, 0.2) is 6.61 Å². The van der Waals surface area contributed by atoms with E-state index in [1.165, 1.54) is 0 Å². The van der Waals surface area contributed by atoms with Gasteiger partial charge in [0, 0.05) is 11.9 Å². The lowest BCUT2D eigenvalue weighted by Gasteiger charge is -2.08. The number of aromatic nitrogens is 1. The summed E-state index contributed by atoms with van der Waals surface area (Å²) < 4.78 is 5.35. The first-order valence-electron chi connectivity index (χ1n) is 6.63. The van der Waals surface area contributed by atoms with Crippen LogP contribution in [0.25, 0.3) is 10.8 Å². The summed E-state index contributed by atoms with van der Waals surface area (Å²) in [6, 6.07) is 17.3. The molecule has 0 atom stereocenters. The molecule has 0 spiro atoms. The molecule has 0 aliphatic heterocycles. The SMILES string of the molecule is O=C(COc1cccnc1)Nc1ccc2ccccc2c1. The second-order valence-corrected chi connectivity index (χ2v) is 4.59. The van der Waals surface area contributed by atoms with Gasteiger partial charge in [-0.3, -0.25) is 9.78 Å². The van der Waals surface area contributed by atoms with Crippen molar-refractivity contribution < 1.29 is 9.53 Å². The minimum atomic E-state index is -0.200. The number of nitrogens with zero attached hydrogens (tertiary/aromatic N) is 1. The Bertz CT molecular complexity index is 757. The van der Waals surface area contributed by atoms with E-state index >= 15 is 0 Å². The Kier molecular flexibility index (Phi) is 3.78. The lowest BCUT2D eigenvalue weighted by atomic mass is 10.1. The Morgan fingerprint density at radius 2 is 1.90 bits per heavy atom.